The van der Waals surface area contributed by atoms with Gasteiger partial charge in [-0.1, -0.05) is 202 Å². The van der Waals surface area contributed by atoms with E-state index in [0.717, 1.165) is 50.4 Å². The predicted octanol–water partition coefficient (Wildman–Crippen LogP) is 17.0. The fraction of sp³-hybridized carbons (Fsp3) is 0.0615. The molecule has 0 aliphatic heterocycles. The first-order valence-corrected chi connectivity index (χ1v) is 23.5. The van der Waals surface area contributed by atoms with Crippen molar-refractivity contribution in [2.24, 2.45) is 0 Å². The first kappa shape index (κ1) is 39.8. The standard InChI is InChI=1S/C65H46N2O/c1-64(2)56-25-13-9-22-52(56)55-39-38-50(42-59(55)64)67(61-28-16-12-21-51(61)45-17-5-3-6-18-45)49-36-31-44(32-37-49)43-29-33-47(34-30-43)65(57-26-14-10-23-53(57)54-24-11-15-27-58(54)65)48-35-40-60-62(41-48)68-63(66-60)46-19-7-4-8-20-46/h3-42H,1-2H3. The van der Waals surface area contributed by atoms with Crippen molar-refractivity contribution in [1.82, 2.24) is 4.98 Å². The van der Waals surface area contributed by atoms with Crippen LogP contribution in [-0.4, -0.2) is 4.98 Å². The smallest absolute Gasteiger partial charge is 0.227 e. The van der Waals surface area contributed by atoms with Gasteiger partial charge in [0.2, 0.25) is 5.89 Å². The van der Waals surface area contributed by atoms with Gasteiger partial charge in [0.1, 0.15) is 5.52 Å². The largest absolute Gasteiger partial charge is 0.436 e. The zero-order valence-corrected chi connectivity index (χ0v) is 37.9. The third-order valence-corrected chi connectivity index (χ3v) is 14.6. The molecule has 3 nitrogen and oxygen atoms in total. The minimum Gasteiger partial charge on any atom is -0.436 e. The van der Waals surface area contributed by atoms with Crippen LogP contribution in [-0.2, 0) is 10.8 Å². The Morgan fingerprint density at radius 3 is 1.53 bits per heavy atom. The summed E-state index contributed by atoms with van der Waals surface area (Å²) in [4.78, 5) is 7.34. The summed E-state index contributed by atoms with van der Waals surface area (Å²) in [6.45, 7) is 4.71. The fourth-order valence-electron chi connectivity index (χ4n) is 11.4. The molecule has 0 unspecified atom stereocenters. The quantitative estimate of drug-likeness (QED) is 0.152. The van der Waals surface area contributed by atoms with E-state index in [1.54, 1.807) is 0 Å². The molecule has 1 aromatic heterocycles. The van der Waals surface area contributed by atoms with Gasteiger partial charge in [0.05, 0.1) is 11.1 Å². The SMILES string of the molecule is CC1(C)c2ccccc2-c2ccc(N(c3ccc(-c4ccc(C5(c6ccc7nc(-c8ccccc8)oc7c6)c6ccccc6-c6ccccc65)cc4)cc3)c3ccccc3-c3ccccc3)cc21. The lowest BCUT2D eigenvalue weighted by atomic mass is 9.67. The molecule has 0 fully saturated rings. The third-order valence-electron chi connectivity index (χ3n) is 14.6. The molecule has 0 N–H and O–H groups in total. The summed E-state index contributed by atoms with van der Waals surface area (Å²) in [6.07, 6.45) is 0. The molecule has 11 aromatic rings. The average Bonchev–Trinajstić information content (AvgIpc) is 4.04. The second-order valence-electron chi connectivity index (χ2n) is 18.7. The second-order valence-corrected chi connectivity index (χ2v) is 18.7. The molecule has 322 valence electrons. The van der Waals surface area contributed by atoms with Gasteiger partial charge in [0.15, 0.2) is 5.58 Å². The van der Waals surface area contributed by atoms with Crippen LogP contribution in [0.5, 0.6) is 0 Å². The van der Waals surface area contributed by atoms with Gasteiger partial charge in [-0.15, -0.1) is 0 Å². The molecule has 0 radical (unpaired) electrons. The highest BCUT2D eigenvalue weighted by Gasteiger charge is 2.46. The van der Waals surface area contributed by atoms with Crippen LogP contribution >= 0.6 is 0 Å². The van der Waals surface area contributed by atoms with Crippen molar-refractivity contribution in [3.63, 3.8) is 0 Å². The minimum absolute atomic E-state index is 0.127. The van der Waals surface area contributed by atoms with E-state index in [1.165, 1.54) is 61.2 Å². The molecule has 2 aliphatic rings. The molecule has 1 heterocycles. The fourth-order valence-corrected chi connectivity index (χ4v) is 11.4. The van der Waals surface area contributed by atoms with Crippen LogP contribution in [0.15, 0.2) is 247 Å². The van der Waals surface area contributed by atoms with Crippen molar-refractivity contribution >= 4 is 28.2 Å². The van der Waals surface area contributed by atoms with Crippen molar-refractivity contribution in [3.05, 3.63) is 276 Å². The summed E-state index contributed by atoms with van der Waals surface area (Å²) in [5.41, 5.74) is 22.6. The average molecular weight is 871 g/mol. The molecule has 0 atom stereocenters. The number of oxazole rings is 1. The van der Waals surface area contributed by atoms with Crippen LogP contribution in [0.4, 0.5) is 17.1 Å². The van der Waals surface area contributed by atoms with Crippen LogP contribution < -0.4 is 4.90 Å². The minimum atomic E-state index is -0.581. The summed E-state index contributed by atoms with van der Waals surface area (Å²) in [7, 11) is 0. The molecule has 0 spiro atoms. The normalized spacial score (nSPS) is 13.7. The Morgan fingerprint density at radius 1 is 0.368 bits per heavy atom. The number of para-hydroxylation sites is 1. The number of benzene rings is 10. The van der Waals surface area contributed by atoms with Crippen molar-refractivity contribution in [1.29, 1.82) is 0 Å². The predicted molar refractivity (Wildman–Crippen MR) is 280 cm³/mol. The Kier molecular flexibility index (Phi) is 9.10. The Labute approximate surface area is 397 Å². The Morgan fingerprint density at radius 2 is 0.868 bits per heavy atom. The number of nitrogens with zero attached hydrogens (tertiary/aromatic N) is 2. The third kappa shape index (κ3) is 6.09. The summed E-state index contributed by atoms with van der Waals surface area (Å²) in [5.74, 6) is 0.625. The van der Waals surface area contributed by atoms with E-state index in [1.807, 2.05) is 30.3 Å². The molecular weight excluding hydrogens is 825 g/mol. The zero-order chi connectivity index (χ0) is 45.4. The molecule has 2 aliphatic carbocycles. The molecule has 0 bridgehead atoms. The molecule has 13 rings (SSSR count). The van der Waals surface area contributed by atoms with Crippen LogP contribution in [0.1, 0.15) is 47.2 Å². The van der Waals surface area contributed by atoms with Gasteiger partial charge in [-0.2, -0.15) is 0 Å². The van der Waals surface area contributed by atoms with E-state index in [0.29, 0.717) is 5.89 Å². The maximum absolute atomic E-state index is 6.53. The van der Waals surface area contributed by atoms with E-state index >= 15 is 0 Å². The molecule has 0 amide bonds. The molecule has 68 heavy (non-hydrogen) atoms. The lowest BCUT2D eigenvalue weighted by Crippen LogP contribution is -2.28. The first-order chi connectivity index (χ1) is 33.5. The highest BCUT2D eigenvalue weighted by Crippen LogP contribution is 2.57. The van der Waals surface area contributed by atoms with Crippen molar-refractivity contribution in [3.8, 4) is 56.0 Å². The number of hydrogen-bond donors (Lipinski definition) is 0. The zero-order valence-electron chi connectivity index (χ0n) is 37.9. The van der Waals surface area contributed by atoms with E-state index < -0.39 is 5.41 Å². The van der Waals surface area contributed by atoms with Crippen LogP contribution in [0.2, 0.25) is 0 Å². The van der Waals surface area contributed by atoms with E-state index in [9.17, 15) is 0 Å². The van der Waals surface area contributed by atoms with E-state index in [2.05, 4.69) is 231 Å². The van der Waals surface area contributed by atoms with Gasteiger partial charge in [-0.25, -0.2) is 4.98 Å². The van der Waals surface area contributed by atoms with Crippen LogP contribution in [0, 0.1) is 0 Å². The summed E-state index contributed by atoms with van der Waals surface area (Å²) in [5, 5.41) is 0. The molecule has 3 heteroatoms. The summed E-state index contributed by atoms with van der Waals surface area (Å²) >= 11 is 0. The van der Waals surface area contributed by atoms with Crippen molar-refractivity contribution in [2.75, 3.05) is 4.90 Å². The first-order valence-electron chi connectivity index (χ1n) is 23.5. The molecule has 0 saturated carbocycles. The topological polar surface area (TPSA) is 29.3 Å². The summed E-state index contributed by atoms with van der Waals surface area (Å²) in [6, 6.07) is 88.2. The molecule has 10 aromatic carbocycles. The number of rotatable bonds is 8. The molecular formula is C65H46N2O. The second kappa shape index (κ2) is 15.5. The van der Waals surface area contributed by atoms with E-state index in [4.69, 9.17) is 9.40 Å². The molecule has 0 saturated heterocycles. The lowest BCUT2D eigenvalue weighted by molar-refractivity contribution is 0.618. The maximum atomic E-state index is 6.53. The lowest BCUT2D eigenvalue weighted by Gasteiger charge is -2.34. The highest BCUT2D eigenvalue weighted by atomic mass is 16.3. The number of fused-ring (bicyclic) bond motifs is 7. The van der Waals surface area contributed by atoms with Crippen molar-refractivity contribution < 1.29 is 4.42 Å². The number of anilines is 3. The van der Waals surface area contributed by atoms with Gasteiger partial charge in [0.25, 0.3) is 0 Å². The van der Waals surface area contributed by atoms with Gasteiger partial charge in [-0.3, -0.25) is 0 Å². The maximum Gasteiger partial charge on any atom is 0.227 e. The number of hydrogen-bond acceptors (Lipinski definition) is 3. The Bertz CT molecular complexity index is 3650. The Balaban J connectivity index is 0.915. The van der Waals surface area contributed by atoms with E-state index in [-0.39, 0.29) is 5.41 Å². The highest BCUT2D eigenvalue weighted by molar-refractivity contribution is 5.92. The summed E-state index contributed by atoms with van der Waals surface area (Å²) < 4.78 is 6.53. The van der Waals surface area contributed by atoms with Gasteiger partial charge in [0, 0.05) is 27.9 Å². The van der Waals surface area contributed by atoms with Gasteiger partial charge < -0.3 is 9.32 Å². The van der Waals surface area contributed by atoms with Gasteiger partial charge >= 0.3 is 0 Å². The van der Waals surface area contributed by atoms with Crippen molar-refractivity contribution in [2.45, 2.75) is 24.7 Å². The monoisotopic (exact) mass is 870 g/mol. The van der Waals surface area contributed by atoms with Crippen LogP contribution in [0.25, 0.3) is 67.1 Å². The van der Waals surface area contributed by atoms with Crippen LogP contribution in [0.3, 0.4) is 0 Å². The Hall–Kier alpha value is -8.53. The van der Waals surface area contributed by atoms with Gasteiger partial charge in [-0.05, 0) is 127 Å². The number of aromatic nitrogens is 1.